The second kappa shape index (κ2) is 10.3. The van der Waals surface area contributed by atoms with Crippen molar-refractivity contribution in [2.75, 3.05) is 52.5 Å². The summed E-state index contributed by atoms with van der Waals surface area (Å²) in [5, 5.41) is 5.80. The molecular formula is C13H27N3O2. The summed E-state index contributed by atoms with van der Waals surface area (Å²) in [5.41, 5.74) is 0. The summed E-state index contributed by atoms with van der Waals surface area (Å²) >= 11 is 0. The minimum absolute atomic E-state index is 0.0259. The highest BCUT2D eigenvalue weighted by Gasteiger charge is 2.09. The molecule has 1 amide bonds. The number of rotatable bonds is 9. The number of carbonyl (C=O) groups is 1. The standard InChI is InChI=1S/C13H27N3O2/c1-2-3-4-5-14-12-13(17)15-6-7-16-8-10-18-11-9-16/h14H,2-12H2,1H3,(H,15,17)/i5D. The predicted octanol–water partition coefficient (Wildman–Crippen LogP) is 0.215. The number of morpholine rings is 1. The molecule has 106 valence electrons. The monoisotopic (exact) mass is 258 g/mol. The van der Waals surface area contributed by atoms with Crippen molar-refractivity contribution in [2.24, 2.45) is 0 Å². The number of hydrogen-bond acceptors (Lipinski definition) is 4. The van der Waals surface area contributed by atoms with E-state index < -0.39 is 0 Å². The molecule has 0 aromatic rings. The first-order valence-corrected chi connectivity index (χ1v) is 6.94. The van der Waals surface area contributed by atoms with Gasteiger partial charge in [-0.1, -0.05) is 19.8 Å². The van der Waals surface area contributed by atoms with Crippen LogP contribution in [0.4, 0.5) is 0 Å². The van der Waals surface area contributed by atoms with E-state index in [1.807, 2.05) is 0 Å². The zero-order chi connectivity index (χ0) is 13.9. The molecule has 5 nitrogen and oxygen atoms in total. The normalized spacial score (nSPS) is 19.3. The fraction of sp³-hybridized carbons (Fsp3) is 0.923. The van der Waals surface area contributed by atoms with Gasteiger partial charge in [-0.25, -0.2) is 0 Å². The van der Waals surface area contributed by atoms with E-state index in [1.165, 1.54) is 0 Å². The Morgan fingerprint density at radius 1 is 1.39 bits per heavy atom. The highest BCUT2D eigenvalue weighted by molar-refractivity contribution is 5.77. The summed E-state index contributed by atoms with van der Waals surface area (Å²) in [6.45, 7) is 7.00. The zero-order valence-corrected chi connectivity index (χ0v) is 11.4. The summed E-state index contributed by atoms with van der Waals surface area (Å²) in [5.74, 6) is -0.0259. The van der Waals surface area contributed by atoms with Gasteiger partial charge in [-0.3, -0.25) is 9.69 Å². The summed E-state index contributed by atoms with van der Waals surface area (Å²) in [6, 6.07) is 0. The SMILES string of the molecule is [2H]C(CCCC)NCC(=O)NCCN1CCOCC1. The molecule has 0 aliphatic carbocycles. The number of nitrogens with zero attached hydrogens (tertiary/aromatic N) is 1. The molecule has 1 aliphatic rings. The van der Waals surface area contributed by atoms with Crippen molar-refractivity contribution in [3.05, 3.63) is 0 Å². The molecule has 2 N–H and O–H groups in total. The van der Waals surface area contributed by atoms with E-state index in [9.17, 15) is 4.79 Å². The summed E-state index contributed by atoms with van der Waals surface area (Å²) in [7, 11) is 0. The molecule has 0 aromatic carbocycles. The lowest BCUT2D eigenvalue weighted by molar-refractivity contribution is -0.120. The largest absolute Gasteiger partial charge is 0.379 e. The first kappa shape index (κ1) is 13.8. The molecule has 18 heavy (non-hydrogen) atoms. The molecule has 1 heterocycles. The van der Waals surface area contributed by atoms with E-state index in [4.69, 9.17) is 6.11 Å². The van der Waals surface area contributed by atoms with Crippen LogP contribution in [0, 0.1) is 0 Å². The Labute approximate surface area is 112 Å². The zero-order valence-electron chi connectivity index (χ0n) is 12.4. The number of hydrogen-bond donors (Lipinski definition) is 2. The van der Waals surface area contributed by atoms with Gasteiger partial charge < -0.3 is 15.4 Å². The van der Waals surface area contributed by atoms with Crippen molar-refractivity contribution in [3.63, 3.8) is 0 Å². The highest BCUT2D eigenvalue weighted by atomic mass is 16.5. The van der Waals surface area contributed by atoms with Crippen molar-refractivity contribution in [1.29, 1.82) is 0 Å². The molecule has 1 rings (SSSR count). The second-order valence-corrected chi connectivity index (χ2v) is 4.53. The van der Waals surface area contributed by atoms with Gasteiger partial charge in [0, 0.05) is 27.5 Å². The van der Waals surface area contributed by atoms with Gasteiger partial charge in [0.2, 0.25) is 5.91 Å². The third-order valence-electron chi connectivity index (χ3n) is 2.96. The van der Waals surface area contributed by atoms with Gasteiger partial charge in [-0.2, -0.15) is 0 Å². The van der Waals surface area contributed by atoms with Crippen molar-refractivity contribution >= 4 is 5.91 Å². The average molecular weight is 258 g/mol. The van der Waals surface area contributed by atoms with Crippen LogP contribution in [0.15, 0.2) is 0 Å². The van der Waals surface area contributed by atoms with Crippen molar-refractivity contribution < 1.29 is 10.9 Å². The Morgan fingerprint density at radius 3 is 2.89 bits per heavy atom. The van der Waals surface area contributed by atoms with Crippen LogP contribution in [0.5, 0.6) is 0 Å². The topological polar surface area (TPSA) is 53.6 Å². The molecule has 1 unspecified atom stereocenters. The van der Waals surface area contributed by atoms with Crippen LogP contribution in [-0.4, -0.2) is 63.3 Å². The van der Waals surface area contributed by atoms with Gasteiger partial charge in [-0.15, -0.1) is 0 Å². The quantitative estimate of drug-likeness (QED) is 0.621. The lowest BCUT2D eigenvalue weighted by atomic mass is 10.2. The lowest BCUT2D eigenvalue weighted by Gasteiger charge is -2.26. The molecule has 1 saturated heterocycles. The predicted molar refractivity (Wildman–Crippen MR) is 72.7 cm³/mol. The van der Waals surface area contributed by atoms with E-state index in [2.05, 4.69) is 22.5 Å². The van der Waals surface area contributed by atoms with Gasteiger partial charge in [0.25, 0.3) is 0 Å². The summed E-state index contributed by atoms with van der Waals surface area (Å²) in [6.07, 6.45) is 2.92. The Hall–Kier alpha value is -0.650. The Bertz CT molecular complexity index is 248. The van der Waals surface area contributed by atoms with E-state index in [1.54, 1.807) is 0 Å². The molecular weight excluding hydrogens is 230 g/mol. The van der Waals surface area contributed by atoms with Gasteiger partial charge in [-0.05, 0) is 12.9 Å². The van der Waals surface area contributed by atoms with E-state index in [-0.39, 0.29) is 19.0 Å². The van der Waals surface area contributed by atoms with Gasteiger partial charge in [0.1, 0.15) is 0 Å². The Morgan fingerprint density at radius 2 is 2.17 bits per heavy atom. The van der Waals surface area contributed by atoms with Crippen LogP contribution < -0.4 is 10.6 Å². The molecule has 1 atom stereocenters. The lowest BCUT2D eigenvalue weighted by Crippen LogP contribution is -2.43. The minimum atomic E-state index is -0.329. The third kappa shape index (κ3) is 7.63. The second-order valence-electron chi connectivity index (χ2n) is 4.53. The molecule has 5 heteroatoms. The number of carbonyl (C=O) groups excluding carboxylic acids is 1. The molecule has 1 aliphatic heterocycles. The van der Waals surface area contributed by atoms with Crippen molar-refractivity contribution in [3.8, 4) is 0 Å². The maximum atomic E-state index is 11.6. The molecule has 0 saturated carbocycles. The van der Waals surface area contributed by atoms with Crippen LogP contribution in [0.2, 0.25) is 0 Å². The molecule has 0 bridgehead atoms. The summed E-state index contributed by atoms with van der Waals surface area (Å²) in [4.78, 5) is 13.8. The number of amides is 1. The van der Waals surface area contributed by atoms with Gasteiger partial charge in [0.15, 0.2) is 0 Å². The number of nitrogens with one attached hydrogen (secondary N) is 2. The van der Waals surface area contributed by atoms with Gasteiger partial charge in [0.05, 0.1) is 19.8 Å². The number of unbranched alkanes of at least 4 members (excludes halogenated alkanes) is 1. The van der Waals surface area contributed by atoms with E-state index >= 15 is 0 Å². The van der Waals surface area contributed by atoms with Crippen LogP contribution in [-0.2, 0) is 9.53 Å². The Balaban J connectivity index is 1.98. The van der Waals surface area contributed by atoms with Crippen LogP contribution in [0.25, 0.3) is 0 Å². The first-order valence-electron chi connectivity index (χ1n) is 7.52. The maximum Gasteiger partial charge on any atom is 0.234 e. The first-order chi connectivity index (χ1) is 9.22. The smallest absolute Gasteiger partial charge is 0.234 e. The van der Waals surface area contributed by atoms with Crippen molar-refractivity contribution in [1.82, 2.24) is 15.5 Å². The third-order valence-corrected chi connectivity index (χ3v) is 2.96. The average Bonchev–Trinajstić information content (AvgIpc) is 2.44. The number of ether oxygens (including phenoxy) is 1. The van der Waals surface area contributed by atoms with Crippen LogP contribution >= 0.6 is 0 Å². The fourth-order valence-electron chi connectivity index (χ4n) is 1.81. The minimum Gasteiger partial charge on any atom is -0.379 e. The molecule has 1 fully saturated rings. The summed E-state index contributed by atoms with van der Waals surface area (Å²) < 4.78 is 13.0. The Kier molecular flexibility index (Phi) is 7.87. The molecule has 0 spiro atoms. The highest BCUT2D eigenvalue weighted by Crippen LogP contribution is 1.94. The van der Waals surface area contributed by atoms with Crippen LogP contribution in [0.1, 0.15) is 27.6 Å². The maximum absolute atomic E-state index is 11.6. The van der Waals surface area contributed by atoms with Gasteiger partial charge >= 0.3 is 0 Å². The van der Waals surface area contributed by atoms with E-state index in [0.717, 1.165) is 52.1 Å². The fourth-order valence-corrected chi connectivity index (χ4v) is 1.81. The molecule has 0 radical (unpaired) electrons. The van der Waals surface area contributed by atoms with Crippen LogP contribution in [0.3, 0.4) is 0 Å². The molecule has 0 aromatic heterocycles. The van der Waals surface area contributed by atoms with E-state index in [0.29, 0.717) is 6.54 Å². The van der Waals surface area contributed by atoms with Crippen molar-refractivity contribution in [2.45, 2.75) is 26.2 Å².